The summed E-state index contributed by atoms with van der Waals surface area (Å²) >= 11 is 6.28. The lowest BCUT2D eigenvalue weighted by Gasteiger charge is -2.45. The molecule has 2 aromatic rings. The molecule has 120 valence electrons. The zero-order valence-corrected chi connectivity index (χ0v) is 13.8. The van der Waals surface area contributed by atoms with Crippen LogP contribution in [0.1, 0.15) is 12.7 Å². The van der Waals surface area contributed by atoms with E-state index in [1.807, 2.05) is 24.0 Å². The third-order valence-corrected chi connectivity index (χ3v) is 4.80. The molecule has 3 heterocycles. The fourth-order valence-electron chi connectivity index (χ4n) is 3.34. The van der Waals surface area contributed by atoms with Crippen LogP contribution in [-0.2, 0) is 4.79 Å². The molecule has 0 N–H and O–H groups in total. The van der Waals surface area contributed by atoms with Crippen LogP contribution in [0.3, 0.4) is 0 Å². The van der Waals surface area contributed by atoms with Gasteiger partial charge in [-0.05, 0) is 13.0 Å². The van der Waals surface area contributed by atoms with Crippen LogP contribution in [0.5, 0.6) is 5.75 Å². The second-order valence-electron chi connectivity index (χ2n) is 6.02. The number of benzene rings is 1. The molecule has 2 aliphatic rings. The summed E-state index contributed by atoms with van der Waals surface area (Å²) in [6.07, 6.45) is 0. The molecule has 0 saturated carbocycles. The molecule has 1 amide bonds. The summed E-state index contributed by atoms with van der Waals surface area (Å²) in [4.78, 5) is 24.4. The zero-order valence-electron chi connectivity index (χ0n) is 13.0. The summed E-state index contributed by atoms with van der Waals surface area (Å²) in [5, 5.41) is 1.29. The Morgan fingerprint density at radius 2 is 2.17 bits per heavy atom. The molecule has 1 aromatic heterocycles. The predicted molar refractivity (Wildman–Crippen MR) is 88.2 cm³/mol. The normalized spacial score (nSPS) is 20.0. The van der Waals surface area contributed by atoms with Crippen LogP contribution in [0.4, 0.5) is 5.69 Å². The van der Waals surface area contributed by atoms with E-state index in [0.717, 1.165) is 35.4 Å². The molecule has 1 fully saturated rings. The molecule has 7 heteroatoms. The number of rotatable bonds is 0. The number of amides is 1. The minimum absolute atomic E-state index is 0.112. The Labute approximate surface area is 139 Å². The van der Waals surface area contributed by atoms with Gasteiger partial charge in [-0.3, -0.25) is 4.79 Å². The van der Waals surface area contributed by atoms with Crippen LogP contribution in [0.25, 0.3) is 10.9 Å². The van der Waals surface area contributed by atoms with E-state index in [1.165, 1.54) is 0 Å². The molecule has 1 aromatic carbocycles. The number of nitrogens with zero attached hydrogens (tertiary/aromatic N) is 4. The van der Waals surface area contributed by atoms with E-state index >= 15 is 0 Å². The van der Waals surface area contributed by atoms with E-state index < -0.39 is 0 Å². The topological polar surface area (TPSA) is 58.6 Å². The number of aromatic nitrogens is 2. The monoisotopic (exact) mass is 332 g/mol. The van der Waals surface area contributed by atoms with Gasteiger partial charge in [-0.15, -0.1) is 0 Å². The van der Waals surface area contributed by atoms with E-state index in [0.29, 0.717) is 24.1 Å². The minimum Gasteiger partial charge on any atom is -0.489 e. The highest BCUT2D eigenvalue weighted by Gasteiger charge is 2.34. The van der Waals surface area contributed by atoms with Gasteiger partial charge < -0.3 is 14.5 Å². The predicted octanol–water partition coefficient (Wildman–Crippen LogP) is 2.02. The van der Waals surface area contributed by atoms with Gasteiger partial charge in [-0.1, -0.05) is 11.6 Å². The largest absolute Gasteiger partial charge is 0.489 e. The molecule has 0 bridgehead atoms. The highest BCUT2D eigenvalue weighted by atomic mass is 35.5. The lowest BCUT2D eigenvalue weighted by atomic mass is 10.1. The maximum absolute atomic E-state index is 11.6. The number of carbonyl (C=O) groups excluding carboxylic acids is 1. The second kappa shape index (κ2) is 5.23. The van der Waals surface area contributed by atoms with Gasteiger partial charge in [0.15, 0.2) is 0 Å². The standard InChI is InChI=1S/C16H17ClN4O2/c1-9-18-13-6-15-14(5-12(13)16(17)19-9)21-4-3-20(10(2)22)7-11(21)8-23-15/h5-6,11H,3-4,7-8H2,1-2H3/t11-/m1/s1. The number of hydrogen-bond donors (Lipinski definition) is 0. The summed E-state index contributed by atoms with van der Waals surface area (Å²) in [7, 11) is 0. The third kappa shape index (κ3) is 2.37. The van der Waals surface area contributed by atoms with Crippen LogP contribution in [0, 0.1) is 6.92 Å². The van der Waals surface area contributed by atoms with Crippen molar-refractivity contribution in [1.29, 1.82) is 0 Å². The van der Waals surface area contributed by atoms with E-state index in [-0.39, 0.29) is 11.9 Å². The molecular formula is C16H17ClN4O2. The average molecular weight is 333 g/mol. The Kier molecular flexibility index (Phi) is 3.30. The number of aryl methyl sites for hydroxylation is 1. The number of carbonyl (C=O) groups is 1. The summed E-state index contributed by atoms with van der Waals surface area (Å²) < 4.78 is 5.93. The van der Waals surface area contributed by atoms with Crippen LogP contribution < -0.4 is 9.64 Å². The van der Waals surface area contributed by atoms with Crippen LogP contribution >= 0.6 is 11.6 Å². The van der Waals surface area contributed by atoms with Gasteiger partial charge in [0.25, 0.3) is 0 Å². The number of ether oxygens (including phenoxy) is 1. The van der Waals surface area contributed by atoms with Crippen molar-refractivity contribution in [2.75, 3.05) is 31.1 Å². The van der Waals surface area contributed by atoms with Gasteiger partial charge in [-0.25, -0.2) is 9.97 Å². The van der Waals surface area contributed by atoms with Crippen molar-refractivity contribution in [2.45, 2.75) is 19.9 Å². The van der Waals surface area contributed by atoms with Crippen molar-refractivity contribution in [3.8, 4) is 5.75 Å². The average Bonchev–Trinajstić information content (AvgIpc) is 2.52. The minimum atomic E-state index is 0.112. The SMILES string of the molecule is CC(=O)N1CCN2c3cc4c(Cl)nc(C)nc4cc3OC[C@H]2C1. The zero-order chi connectivity index (χ0) is 16.1. The molecule has 23 heavy (non-hydrogen) atoms. The Hall–Kier alpha value is -2.08. The Bertz CT molecular complexity index is 810. The summed E-state index contributed by atoms with van der Waals surface area (Å²) in [6.45, 7) is 6.20. The van der Waals surface area contributed by atoms with Crippen LogP contribution in [0.2, 0.25) is 5.15 Å². The Morgan fingerprint density at radius 1 is 1.35 bits per heavy atom. The number of anilines is 1. The summed E-state index contributed by atoms with van der Waals surface area (Å²) in [5.41, 5.74) is 1.80. The van der Waals surface area contributed by atoms with Gasteiger partial charge in [0.05, 0.1) is 17.2 Å². The van der Waals surface area contributed by atoms with Gasteiger partial charge >= 0.3 is 0 Å². The third-order valence-electron chi connectivity index (χ3n) is 4.51. The maximum Gasteiger partial charge on any atom is 0.219 e. The van der Waals surface area contributed by atoms with Crippen molar-refractivity contribution >= 4 is 34.1 Å². The first-order chi connectivity index (χ1) is 11.0. The quantitative estimate of drug-likeness (QED) is 0.691. The van der Waals surface area contributed by atoms with Crippen LogP contribution in [0.15, 0.2) is 12.1 Å². The van der Waals surface area contributed by atoms with Crippen molar-refractivity contribution in [3.05, 3.63) is 23.1 Å². The number of fused-ring (bicyclic) bond motifs is 4. The molecule has 0 unspecified atom stereocenters. The van der Waals surface area contributed by atoms with Gasteiger partial charge in [0, 0.05) is 38.0 Å². The Balaban J connectivity index is 1.76. The summed E-state index contributed by atoms with van der Waals surface area (Å²) in [6, 6.07) is 4.10. The molecule has 2 aliphatic heterocycles. The lowest BCUT2D eigenvalue weighted by Crippen LogP contribution is -2.58. The highest BCUT2D eigenvalue weighted by Crippen LogP contribution is 2.39. The molecule has 1 atom stereocenters. The van der Waals surface area contributed by atoms with Crippen molar-refractivity contribution in [1.82, 2.24) is 14.9 Å². The van der Waals surface area contributed by atoms with Crippen LogP contribution in [-0.4, -0.2) is 53.1 Å². The molecule has 0 spiro atoms. The maximum atomic E-state index is 11.6. The number of piperazine rings is 1. The smallest absolute Gasteiger partial charge is 0.219 e. The van der Waals surface area contributed by atoms with Gasteiger partial charge in [-0.2, -0.15) is 0 Å². The van der Waals surface area contributed by atoms with Gasteiger partial charge in [0.2, 0.25) is 5.91 Å². The molecule has 6 nitrogen and oxygen atoms in total. The van der Waals surface area contributed by atoms with Gasteiger partial charge in [0.1, 0.15) is 23.3 Å². The van der Waals surface area contributed by atoms with Crippen molar-refractivity contribution in [2.24, 2.45) is 0 Å². The molecule has 1 saturated heterocycles. The first-order valence-electron chi connectivity index (χ1n) is 7.66. The van der Waals surface area contributed by atoms with E-state index in [4.69, 9.17) is 16.3 Å². The van der Waals surface area contributed by atoms with E-state index in [1.54, 1.807) is 6.92 Å². The first kappa shape index (κ1) is 14.5. The second-order valence-corrected chi connectivity index (χ2v) is 6.38. The fourth-order valence-corrected chi connectivity index (χ4v) is 3.62. The molecule has 4 rings (SSSR count). The lowest BCUT2D eigenvalue weighted by molar-refractivity contribution is -0.129. The van der Waals surface area contributed by atoms with E-state index in [9.17, 15) is 4.79 Å². The Morgan fingerprint density at radius 3 is 2.96 bits per heavy atom. The number of hydrogen-bond acceptors (Lipinski definition) is 5. The van der Waals surface area contributed by atoms with Crippen molar-refractivity contribution in [3.63, 3.8) is 0 Å². The highest BCUT2D eigenvalue weighted by molar-refractivity contribution is 6.34. The van der Waals surface area contributed by atoms with Crippen molar-refractivity contribution < 1.29 is 9.53 Å². The molecule has 0 radical (unpaired) electrons. The molecule has 0 aliphatic carbocycles. The summed E-state index contributed by atoms with van der Waals surface area (Å²) in [5.74, 6) is 1.58. The molecular weight excluding hydrogens is 316 g/mol. The first-order valence-corrected chi connectivity index (χ1v) is 8.03. The fraction of sp³-hybridized carbons (Fsp3) is 0.438. The number of halogens is 1. The van der Waals surface area contributed by atoms with E-state index in [2.05, 4.69) is 14.9 Å².